The molecule has 1 atom stereocenters. The highest BCUT2D eigenvalue weighted by atomic mass is 16.5. The molecule has 1 aliphatic heterocycles. The first-order chi connectivity index (χ1) is 16.3. The lowest BCUT2D eigenvalue weighted by atomic mass is 9.94. The molecular weight excluding hydrogens is 432 g/mol. The number of benzene rings is 2. The van der Waals surface area contributed by atoms with Crippen LogP contribution in [0.3, 0.4) is 0 Å². The monoisotopic (exact) mass is 468 g/mol. The summed E-state index contributed by atoms with van der Waals surface area (Å²) in [6.07, 6.45) is 4.40. The zero-order valence-corrected chi connectivity index (χ0v) is 20.3. The van der Waals surface area contributed by atoms with Gasteiger partial charge in [0.1, 0.15) is 17.1 Å². The van der Waals surface area contributed by atoms with Crippen molar-refractivity contribution < 1.29 is 24.5 Å². The Kier molecular flexibility index (Phi) is 8.79. The molecule has 1 heterocycles. The van der Waals surface area contributed by atoms with Gasteiger partial charge in [-0.3, -0.25) is 4.79 Å². The van der Waals surface area contributed by atoms with Crippen molar-refractivity contribution in [3.05, 3.63) is 53.1 Å². The third-order valence-corrected chi connectivity index (χ3v) is 6.07. The van der Waals surface area contributed by atoms with Gasteiger partial charge in [-0.1, -0.05) is 32.0 Å². The van der Waals surface area contributed by atoms with E-state index in [0.29, 0.717) is 11.5 Å². The average molecular weight is 469 g/mol. The van der Waals surface area contributed by atoms with Gasteiger partial charge in [-0.25, -0.2) is 4.79 Å². The summed E-state index contributed by atoms with van der Waals surface area (Å²) < 4.78 is 5.41. The fraction of sp³-hybridized carbons (Fsp3) is 0.481. The number of carboxylic acid groups (broad SMARTS) is 1. The third-order valence-electron chi connectivity index (χ3n) is 6.07. The number of amides is 1. The number of aromatic hydroxyl groups is 1. The smallest absolute Gasteiger partial charge is 0.343 e. The average Bonchev–Trinajstić information content (AvgIpc) is 2.78. The van der Waals surface area contributed by atoms with Crippen LogP contribution in [-0.2, 0) is 11.2 Å². The number of nitrogens with one attached hydrogen (secondary N) is 1. The molecule has 34 heavy (non-hydrogen) atoms. The van der Waals surface area contributed by atoms with Gasteiger partial charge in [-0.05, 0) is 67.9 Å². The van der Waals surface area contributed by atoms with Crippen molar-refractivity contribution >= 4 is 17.6 Å². The fourth-order valence-electron chi connectivity index (χ4n) is 4.61. The van der Waals surface area contributed by atoms with Crippen molar-refractivity contribution in [2.24, 2.45) is 5.92 Å². The van der Waals surface area contributed by atoms with Crippen LogP contribution >= 0.6 is 0 Å². The second-order valence-corrected chi connectivity index (χ2v) is 9.26. The van der Waals surface area contributed by atoms with E-state index in [1.807, 2.05) is 12.1 Å². The maximum atomic E-state index is 13.1. The molecule has 7 heteroatoms. The Hall–Kier alpha value is -3.22. The van der Waals surface area contributed by atoms with E-state index in [1.54, 1.807) is 6.92 Å². The van der Waals surface area contributed by atoms with E-state index < -0.39 is 11.7 Å². The van der Waals surface area contributed by atoms with Crippen molar-refractivity contribution in [3.63, 3.8) is 0 Å². The Bertz CT molecular complexity index is 999. The summed E-state index contributed by atoms with van der Waals surface area (Å²) in [6, 6.07) is 11.0. The van der Waals surface area contributed by atoms with E-state index in [0.717, 1.165) is 25.1 Å². The first kappa shape index (κ1) is 25.4. The molecule has 0 spiro atoms. The molecule has 2 aromatic carbocycles. The van der Waals surface area contributed by atoms with Crippen molar-refractivity contribution in [1.29, 1.82) is 0 Å². The van der Waals surface area contributed by atoms with Crippen LogP contribution in [0.1, 0.15) is 74.0 Å². The Morgan fingerprint density at radius 3 is 2.47 bits per heavy atom. The number of hydrogen-bond donors (Lipinski definition) is 3. The summed E-state index contributed by atoms with van der Waals surface area (Å²) >= 11 is 0. The lowest BCUT2D eigenvalue weighted by Gasteiger charge is -2.33. The first-order valence-electron chi connectivity index (χ1n) is 12.1. The minimum atomic E-state index is -1.27. The van der Waals surface area contributed by atoms with Crippen LogP contribution in [-0.4, -0.2) is 41.8 Å². The normalized spacial score (nSPS) is 14.6. The number of rotatable bonds is 10. The van der Waals surface area contributed by atoms with Crippen LogP contribution < -0.4 is 15.0 Å². The lowest BCUT2D eigenvalue weighted by molar-refractivity contribution is -0.121. The molecule has 2 aromatic rings. The third kappa shape index (κ3) is 6.43. The zero-order chi connectivity index (χ0) is 24.7. The molecule has 7 nitrogen and oxygen atoms in total. The molecule has 0 radical (unpaired) electrons. The second kappa shape index (κ2) is 11.8. The van der Waals surface area contributed by atoms with Crippen molar-refractivity contribution in [2.45, 2.75) is 58.9 Å². The van der Waals surface area contributed by atoms with E-state index >= 15 is 0 Å². The number of carbonyl (C=O) groups excluding carboxylic acids is 1. The number of para-hydroxylation sites is 1. The highest BCUT2D eigenvalue weighted by Crippen LogP contribution is 2.33. The first-order valence-corrected chi connectivity index (χ1v) is 12.1. The number of aromatic carboxylic acids is 1. The van der Waals surface area contributed by atoms with Gasteiger partial charge in [0.25, 0.3) is 0 Å². The molecule has 0 saturated carbocycles. The molecule has 0 aliphatic carbocycles. The predicted octanol–water partition coefficient (Wildman–Crippen LogP) is 4.93. The Labute approximate surface area is 201 Å². The summed E-state index contributed by atoms with van der Waals surface area (Å²) in [7, 11) is 0. The minimum absolute atomic E-state index is 0.00795. The minimum Gasteiger partial charge on any atom is -0.507 e. The van der Waals surface area contributed by atoms with E-state index in [9.17, 15) is 19.8 Å². The number of ether oxygens (including phenoxy) is 1. The lowest BCUT2D eigenvalue weighted by Crippen LogP contribution is -2.34. The van der Waals surface area contributed by atoms with E-state index in [1.165, 1.54) is 37.1 Å². The van der Waals surface area contributed by atoms with Gasteiger partial charge in [0.15, 0.2) is 0 Å². The molecule has 1 saturated heterocycles. The molecule has 3 N–H and O–H groups in total. The zero-order valence-electron chi connectivity index (χ0n) is 20.3. The van der Waals surface area contributed by atoms with Crippen molar-refractivity contribution in [3.8, 4) is 11.5 Å². The molecule has 0 unspecified atom stereocenters. The summed E-state index contributed by atoms with van der Waals surface area (Å²) in [5.41, 5.74) is 2.50. The van der Waals surface area contributed by atoms with Crippen LogP contribution in [0.5, 0.6) is 11.5 Å². The van der Waals surface area contributed by atoms with Crippen LogP contribution in [0.15, 0.2) is 36.4 Å². The van der Waals surface area contributed by atoms with Gasteiger partial charge in [0.05, 0.1) is 19.1 Å². The van der Waals surface area contributed by atoms with Crippen LogP contribution in [0, 0.1) is 5.92 Å². The summed E-state index contributed by atoms with van der Waals surface area (Å²) in [6.45, 7) is 8.31. The number of piperidine rings is 1. The van der Waals surface area contributed by atoms with E-state index in [4.69, 9.17) is 4.74 Å². The molecule has 1 fully saturated rings. The van der Waals surface area contributed by atoms with Crippen molar-refractivity contribution in [1.82, 2.24) is 5.32 Å². The number of carboxylic acids is 1. The summed E-state index contributed by atoms with van der Waals surface area (Å²) in [5, 5.41) is 22.8. The van der Waals surface area contributed by atoms with Gasteiger partial charge in [0.2, 0.25) is 5.91 Å². The Morgan fingerprint density at radius 1 is 1.12 bits per heavy atom. The Balaban J connectivity index is 1.83. The number of carbonyl (C=O) groups is 2. The maximum absolute atomic E-state index is 13.1. The van der Waals surface area contributed by atoms with E-state index in [-0.39, 0.29) is 36.3 Å². The van der Waals surface area contributed by atoms with Crippen LogP contribution in [0.25, 0.3) is 0 Å². The predicted molar refractivity (Wildman–Crippen MR) is 133 cm³/mol. The highest BCUT2D eigenvalue weighted by Gasteiger charge is 2.24. The van der Waals surface area contributed by atoms with Crippen LogP contribution in [0.4, 0.5) is 5.69 Å². The fourth-order valence-corrected chi connectivity index (χ4v) is 4.61. The topological polar surface area (TPSA) is 99.1 Å². The van der Waals surface area contributed by atoms with Crippen LogP contribution in [0.2, 0.25) is 0 Å². The maximum Gasteiger partial charge on any atom is 0.343 e. The molecule has 1 aliphatic rings. The van der Waals surface area contributed by atoms with Gasteiger partial charge in [-0.15, -0.1) is 0 Å². The standard InChI is InChI=1S/C27H36N2O5/c1-4-34-24-16-19(15-23(30)26(24)27(32)33)17-25(31)28-21(14-18(2)3)20-10-6-7-11-22(20)29-12-8-5-9-13-29/h6-7,10-11,15-16,18,21,30H,4-5,8-9,12-14,17H2,1-3H3,(H,28,31)(H,32,33)/t21-/m0/s1. The molecule has 184 valence electrons. The van der Waals surface area contributed by atoms with E-state index in [2.05, 4.69) is 36.2 Å². The number of nitrogens with zero attached hydrogens (tertiary/aromatic N) is 1. The number of anilines is 1. The van der Waals surface area contributed by atoms with Gasteiger partial charge >= 0.3 is 5.97 Å². The molecule has 3 rings (SSSR count). The number of hydrogen-bond acceptors (Lipinski definition) is 5. The van der Waals surface area contributed by atoms with Gasteiger partial charge in [0, 0.05) is 18.8 Å². The quantitative estimate of drug-likeness (QED) is 0.457. The SMILES string of the molecule is CCOc1cc(CC(=O)N[C@@H](CC(C)C)c2ccccc2N2CCCCC2)cc(O)c1C(=O)O. The molecular formula is C27H36N2O5. The number of phenols is 1. The van der Waals surface area contributed by atoms with Gasteiger partial charge in [-0.2, -0.15) is 0 Å². The largest absolute Gasteiger partial charge is 0.507 e. The molecule has 0 bridgehead atoms. The Morgan fingerprint density at radius 2 is 1.82 bits per heavy atom. The molecule has 1 amide bonds. The highest BCUT2D eigenvalue weighted by molar-refractivity contribution is 5.94. The van der Waals surface area contributed by atoms with Crippen molar-refractivity contribution in [2.75, 3.05) is 24.6 Å². The molecule has 0 aromatic heterocycles. The summed E-state index contributed by atoms with van der Waals surface area (Å²) in [5.74, 6) is -1.43. The summed E-state index contributed by atoms with van der Waals surface area (Å²) in [4.78, 5) is 27.0. The second-order valence-electron chi connectivity index (χ2n) is 9.26. The van der Waals surface area contributed by atoms with Gasteiger partial charge < -0.3 is 25.2 Å².